The van der Waals surface area contributed by atoms with Crippen molar-refractivity contribution < 1.29 is 4.74 Å². The third-order valence-corrected chi connectivity index (χ3v) is 7.74. The number of piperidine rings is 1. The van der Waals surface area contributed by atoms with Gasteiger partial charge in [-0.1, -0.05) is 30.3 Å². The lowest BCUT2D eigenvalue weighted by Crippen LogP contribution is -2.73. The molecule has 0 aromatic heterocycles. The second kappa shape index (κ2) is 8.35. The molecule has 1 aromatic carbocycles. The van der Waals surface area contributed by atoms with Crippen molar-refractivity contribution in [3.05, 3.63) is 35.9 Å². The van der Waals surface area contributed by atoms with E-state index in [4.69, 9.17) is 4.74 Å². The van der Waals surface area contributed by atoms with Crippen molar-refractivity contribution in [2.75, 3.05) is 39.4 Å². The number of rotatable bonds is 6. The fourth-order valence-electron chi connectivity index (χ4n) is 5.86. The van der Waals surface area contributed by atoms with Gasteiger partial charge in [0.15, 0.2) is 0 Å². The molecule has 3 heterocycles. The summed E-state index contributed by atoms with van der Waals surface area (Å²) in [6, 6.07) is 15.4. The molecule has 0 radical (unpaired) electrons. The second-order valence-corrected chi connectivity index (χ2v) is 9.60. The van der Waals surface area contributed by atoms with Gasteiger partial charge >= 0.3 is 0 Å². The van der Waals surface area contributed by atoms with Crippen LogP contribution in [-0.4, -0.2) is 72.9 Å². The van der Waals surface area contributed by atoms with Crippen LogP contribution in [0.5, 0.6) is 0 Å². The van der Waals surface area contributed by atoms with Crippen LogP contribution in [0.25, 0.3) is 0 Å². The highest BCUT2D eigenvalue weighted by Gasteiger charge is 2.50. The van der Waals surface area contributed by atoms with Gasteiger partial charge in [-0.15, -0.1) is 0 Å². The van der Waals surface area contributed by atoms with Crippen LogP contribution in [0.4, 0.5) is 0 Å². The Balaban J connectivity index is 1.11. The van der Waals surface area contributed by atoms with Crippen LogP contribution in [0.3, 0.4) is 0 Å². The minimum absolute atomic E-state index is 0.101. The average Bonchev–Trinajstić information content (AvgIpc) is 3.51. The Hall–Kier alpha value is -1.45. The lowest BCUT2D eigenvalue weighted by molar-refractivity contribution is -0.0992. The molecular formula is C24H34N4O. The molecule has 0 spiro atoms. The average molecular weight is 395 g/mol. The van der Waals surface area contributed by atoms with Gasteiger partial charge in [-0.05, 0) is 37.7 Å². The highest BCUT2D eigenvalue weighted by molar-refractivity contribution is 5.27. The molecule has 1 saturated carbocycles. The number of hydrogen-bond acceptors (Lipinski definition) is 5. The zero-order valence-electron chi connectivity index (χ0n) is 17.4. The zero-order valence-corrected chi connectivity index (χ0v) is 17.4. The van der Waals surface area contributed by atoms with Gasteiger partial charge in [0.2, 0.25) is 0 Å². The van der Waals surface area contributed by atoms with Crippen LogP contribution in [-0.2, 0) is 4.74 Å². The summed E-state index contributed by atoms with van der Waals surface area (Å²) < 4.78 is 5.52. The van der Waals surface area contributed by atoms with E-state index in [1.807, 2.05) is 0 Å². The van der Waals surface area contributed by atoms with Gasteiger partial charge in [0.1, 0.15) is 0 Å². The molecule has 3 aliphatic heterocycles. The SMILES string of the molecule is N#CCC1(N2CCC(N[C@@H]3C[C@H]3c3ccccc3)CC2)CN(C2CCOCC2)C1. The summed E-state index contributed by atoms with van der Waals surface area (Å²) >= 11 is 0. The molecule has 5 nitrogen and oxygen atoms in total. The fraction of sp³-hybridized carbons (Fsp3) is 0.708. The molecule has 1 aliphatic carbocycles. The minimum Gasteiger partial charge on any atom is -0.381 e. The molecule has 1 aromatic rings. The lowest BCUT2D eigenvalue weighted by atomic mass is 9.81. The minimum atomic E-state index is 0.101. The number of nitrogens with one attached hydrogen (secondary N) is 1. The predicted octanol–water partition coefficient (Wildman–Crippen LogP) is 2.74. The van der Waals surface area contributed by atoms with E-state index >= 15 is 0 Å². The largest absolute Gasteiger partial charge is 0.381 e. The number of ether oxygens (including phenoxy) is 1. The van der Waals surface area contributed by atoms with E-state index < -0.39 is 0 Å². The maximum Gasteiger partial charge on any atom is 0.0642 e. The Morgan fingerprint density at radius 3 is 2.48 bits per heavy atom. The van der Waals surface area contributed by atoms with Crippen LogP contribution >= 0.6 is 0 Å². The quantitative estimate of drug-likeness (QED) is 0.804. The molecule has 5 rings (SSSR count). The first-order chi connectivity index (χ1) is 14.3. The van der Waals surface area contributed by atoms with Crippen molar-refractivity contribution in [3.63, 3.8) is 0 Å². The van der Waals surface area contributed by atoms with Crippen molar-refractivity contribution in [1.29, 1.82) is 5.26 Å². The molecule has 29 heavy (non-hydrogen) atoms. The van der Waals surface area contributed by atoms with Gasteiger partial charge in [-0.2, -0.15) is 5.26 Å². The maximum atomic E-state index is 9.48. The highest BCUT2D eigenvalue weighted by atomic mass is 16.5. The van der Waals surface area contributed by atoms with Gasteiger partial charge in [-0.3, -0.25) is 9.80 Å². The van der Waals surface area contributed by atoms with Crippen LogP contribution < -0.4 is 5.32 Å². The Morgan fingerprint density at radius 1 is 1.07 bits per heavy atom. The number of benzene rings is 1. The summed E-state index contributed by atoms with van der Waals surface area (Å²) in [5, 5.41) is 13.4. The fourth-order valence-corrected chi connectivity index (χ4v) is 5.86. The summed E-state index contributed by atoms with van der Waals surface area (Å²) in [7, 11) is 0. The smallest absolute Gasteiger partial charge is 0.0642 e. The standard InChI is InChI=1S/C24H34N4O/c25-11-10-24(17-27(18-24)21-8-14-29-15-9-21)28-12-6-20(7-13-28)26-23-16-22(23)19-4-2-1-3-5-19/h1-5,20-23,26H,6-10,12-18H2/t22-,23+/m0/s1. The topological polar surface area (TPSA) is 51.5 Å². The summed E-state index contributed by atoms with van der Waals surface area (Å²) in [4.78, 5) is 5.25. The van der Waals surface area contributed by atoms with Crippen LogP contribution in [0.2, 0.25) is 0 Å². The third kappa shape index (κ3) is 4.09. The molecule has 156 valence electrons. The lowest BCUT2D eigenvalue weighted by Gasteiger charge is -2.59. The van der Waals surface area contributed by atoms with E-state index in [9.17, 15) is 5.26 Å². The van der Waals surface area contributed by atoms with Gasteiger partial charge in [-0.25, -0.2) is 0 Å². The molecule has 0 unspecified atom stereocenters. The monoisotopic (exact) mass is 394 g/mol. The molecule has 4 aliphatic rings. The molecule has 1 N–H and O–H groups in total. The summed E-state index contributed by atoms with van der Waals surface area (Å²) in [5.74, 6) is 0.707. The highest BCUT2D eigenvalue weighted by Crippen LogP contribution is 2.42. The van der Waals surface area contributed by atoms with Crippen molar-refractivity contribution >= 4 is 0 Å². The van der Waals surface area contributed by atoms with E-state index in [1.54, 1.807) is 0 Å². The van der Waals surface area contributed by atoms with Crippen LogP contribution in [0, 0.1) is 11.3 Å². The summed E-state index contributed by atoms with van der Waals surface area (Å²) in [5.41, 5.74) is 1.59. The Morgan fingerprint density at radius 2 is 1.79 bits per heavy atom. The number of likely N-dealkylation sites (tertiary alicyclic amines) is 2. The van der Waals surface area contributed by atoms with Crippen LogP contribution in [0.1, 0.15) is 50.0 Å². The Labute approximate surface area is 175 Å². The van der Waals surface area contributed by atoms with E-state index in [1.165, 1.54) is 24.8 Å². The Bertz CT molecular complexity index is 712. The summed E-state index contributed by atoms with van der Waals surface area (Å²) in [6.07, 6.45) is 6.67. The molecule has 5 heteroatoms. The molecule has 3 saturated heterocycles. The Kier molecular flexibility index (Phi) is 5.62. The van der Waals surface area contributed by atoms with Gasteiger partial charge < -0.3 is 10.1 Å². The van der Waals surface area contributed by atoms with Crippen molar-refractivity contribution in [2.45, 2.75) is 68.1 Å². The first-order valence-corrected chi connectivity index (χ1v) is 11.5. The normalized spacial score (nSPS) is 31.1. The molecule has 0 bridgehead atoms. The molecular weight excluding hydrogens is 360 g/mol. The maximum absolute atomic E-state index is 9.48. The second-order valence-electron chi connectivity index (χ2n) is 9.60. The predicted molar refractivity (Wildman–Crippen MR) is 114 cm³/mol. The van der Waals surface area contributed by atoms with Crippen molar-refractivity contribution in [1.82, 2.24) is 15.1 Å². The van der Waals surface area contributed by atoms with E-state index in [2.05, 4.69) is 51.5 Å². The number of nitrogens with zero attached hydrogens (tertiary/aromatic N) is 3. The van der Waals surface area contributed by atoms with E-state index in [0.29, 0.717) is 30.5 Å². The number of hydrogen-bond donors (Lipinski definition) is 1. The van der Waals surface area contributed by atoms with E-state index in [0.717, 1.165) is 52.2 Å². The van der Waals surface area contributed by atoms with Gasteiger partial charge in [0.05, 0.1) is 18.0 Å². The number of nitriles is 1. The third-order valence-electron chi connectivity index (χ3n) is 7.74. The first-order valence-electron chi connectivity index (χ1n) is 11.5. The molecule has 2 atom stereocenters. The first kappa shape index (κ1) is 19.5. The van der Waals surface area contributed by atoms with Gasteiger partial charge in [0, 0.05) is 63.4 Å². The van der Waals surface area contributed by atoms with Crippen LogP contribution in [0.15, 0.2) is 30.3 Å². The van der Waals surface area contributed by atoms with Crippen molar-refractivity contribution in [3.8, 4) is 6.07 Å². The molecule has 4 fully saturated rings. The molecule has 0 amide bonds. The van der Waals surface area contributed by atoms with Crippen molar-refractivity contribution in [2.24, 2.45) is 0 Å². The van der Waals surface area contributed by atoms with Gasteiger partial charge in [0.25, 0.3) is 0 Å². The van der Waals surface area contributed by atoms with E-state index in [-0.39, 0.29) is 5.54 Å². The summed E-state index contributed by atoms with van der Waals surface area (Å²) in [6.45, 7) is 6.20. The zero-order chi connectivity index (χ0) is 19.7.